The number of halogens is 1. The van der Waals surface area contributed by atoms with Crippen molar-refractivity contribution < 1.29 is 13.2 Å². The van der Waals surface area contributed by atoms with Gasteiger partial charge in [-0.1, -0.05) is 13.8 Å². The molecule has 1 heterocycles. The number of carbonyl (C=O) groups excluding carboxylic acids is 1. The zero-order chi connectivity index (χ0) is 10.9. The largest absolute Gasteiger partial charge is 0.351 e. The molecule has 0 unspecified atom stereocenters. The van der Waals surface area contributed by atoms with Crippen LogP contribution in [-0.2, 0) is 14.6 Å². The van der Waals surface area contributed by atoms with Crippen LogP contribution in [0.1, 0.15) is 13.8 Å². The molecule has 0 radical (unpaired) electrons. The van der Waals surface area contributed by atoms with Crippen LogP contribution in [0.25, 0.3) is 0 Å². The minimum Gasteiger partial charge on any atom is -0.351 e. The highest BCUT2D eigenvalue weighted by atomic mass is 35.5. The highest BCUT2D eigenvalue weighted by Gasteiger charge is 2.37. The Morgan fingerprint density at radius 2 is 2.00 bits per heavy atom. The minimum atomic E-state index is -3.06. The first-order valence-corrected chi connectivity index (χ1v) is 6.72. The van der Waals surface area contributed by atoms with Crippen molar-refractivity contribution in [3.05, 3.63) is 0 Å². The molecule has 0 saturated carbocycles. The number of sulfone groups is 1. The molecule has 0 bridgehead atoms. The Hall–Kier alpha value is -0.290. The number of amides is 1. The maximum Gasteiger partial charge on any atom is 0.222 e. The van der Waals surface area contributed by atoms with Gasteiger partial charge < -0.3 is 5.32 Å². The monoisotopic (exact) mass is 239 g/mol. The van der Waals surface area contributed by atoms with E-state index >= 15 is 0 Å². The van der Waals surface area contributed by atoms with Gasteiger partial charge in [-0.15, -0.1) is 11.6 Å². The first-order valence-electron chi connectivity index (χ1n) is 4.46. The second-order valence-electron chi connectivity index (χ2n) is 3.86. The van der Waals surface area contributed by atoms with E-state index in [1.54, 1.807) is 13.8 Å². The average Bonchev–Trinajstić information content (AvgIpc) is 2.24. The van der Waals surface area contributed by atoms with Crippen LogP contribution in [0.3, 0.4) is 0 Å². The van der Waals surface area contributed by atoms with Gasteiger partial charge in [0.15, 0.2) is 9.84 Å². The number of alkyl halides is 1. The molecule has 14 heavy (non-hydrogen) atoms. The first kappa shape index (κ1) is 11.8. The summed E-state index contributed by atoms with van der Waals surface area (Å²) in [5.41, 5.74) is 0. The van der Waals surface area contributed by atoms with Crippen molar-refractivity contribution in [3.8, 4) is 0 Å². The lowest BCUT2D eigenvalue weighted by Crippen LogP contribution is -2.42. The zero-order valence-corrected chi connectivity index (χ0v) is 9.73. The van der Waals surface area contributed by atoms with Crippen molar-refractivity contribution in [2.24, 2.45) is 5.92 Å². The van der Waals surface area contributed by atoms with Gasteiger partial charge >= 0.3 is 0 Å². The summed E-state index contributed by atoms with van der Waals surface area (Å²) in [4.78, 5) is 11.3. The van der Waals surface area contributed by atoms with Crippen LogP contribution in [0.5, 0.6) is 0 Å². The van der Waals surface area contributed by atoms with Crippen molar-refractivity contribution in [2.45, 2.75) is 25.3 Å². The van der Waals surface area contributed by atoms with Gasteiger partial charge in [-0.2, -0.15) is 0 Å². The van der Waals surface area contributed by atoms with E-state index in [2.05, 4.69) is 5.32 Å². The third kappa shape index (κ3) is 2.85. The minimum absolute atomic E-state index is 0.0420. The molecule has 1 saturated heterocycles. The number of hydrogen-bond acceptors (Lipinski definition) is 3. The third-order valence-electron chi connectivity index (χ3n) is 2.14. The molecule has 1 rings (SSSR count). The second kappa shape index (κ2) is 4.06. The molecule has 0 spiro atoms. The van der Waals surface area contributed by atoms with E-state index in [4.69, 9.17) is 11.6 Å². The van der Waals surface area contributed by atoms with E-state index in [9.17, 15) is 13.2 Å². The lowest BCUT2D eigenvalue weighted by Gasteiger charge is -2.15. The summed E-state index contributed by atoms with van der Waals surface area (Å²) in [5, 5.41) is 2.14. The van der Waals surface area contributed by atoms with E-state index in [1.165, 1.54) is 0 Å². The molecule has 1 fully saturated rings. The molecule has 6 heteroatoms. The van der Waals surface area contributed by atoms with Gasteiger partial charge in [0, 0.05) is 5.92 Å². The summed E-state index contributed by atoms with van der Waals surface area (Å²) in [6.45, 7) is 3.50. The molecule has 1 amide bonds. The summed E-state index contributed by atoms with van der Waals surface area (Å²) in [6.07, 6.45) is 0. The van der Waals surface area contributed by atoms with E-state index in [1.807, 2.05) is 0 Å². The van der Waals surface area contributed by atoms with Crippen molar-refractivity contribution in [3.63, 3.8) is 0 Å². The van der Waals surface area contributed by atoms with Crippen LogP contribution in [0.4, 0.5) is 0 Å². The summed E-state index contributed by atoms with van der Waals surface area (Å²) in [5.74, 6) is -0.392. The Balaban J connectivity index is 2.60. The average molecular weight is 240 g/mol. The van der Waals surface area contributed by atoms with Gasteiger partial charge in [0.1, 0.15) is 0 Å². The fraction of sp³-hybridized carbons (Fsp3) is 0.875. The third-order valence-corrected chi connectivity index (χ3v) is 4.51. The van der Waals surface area contributed by atoms with Crippen LogP contribution >= 0.6 is 11.6 Å². The molecule has 0 aliphatic carbocycles. The summed E-state index contributed by atoms with van der Waals surface area (Å²) in [7, 11) is -3.06. The Morgan fingerprint density at radius 3 is 2.36 bits per heavy atom. The standard InChI is InChI=1S/C8H14ClNO3S/c1-5(2)8(11)10-7-4-14(12,13)3-6(7)9/h5-7H,3-4H2,1-2H3,(H,10,11)/t6-,7+/m0/s1. The Bertz CT molecular complexity index is 325. The number of nitrogens with one attached hydrogen (secondary N) is 1. The molecule has 1 aliphatic rings. The van der Waals surface area contributed by atoms with Crippen LogP contribution in [0, 0.1) is 5.92 Å². The fourth-order valence-corrected chi connectivity index (χ4v) is 3.84. The van der Waals surface area contributed by atoms with Crippen molar-refractivity contribution in [1.29, 1.82) is 0 Å². The Kier molecular flexibility index (Phi) is 3.42. The fourth-order valence-electron chi connectivity index (χ4n) is 1.29. The summed E-state index contributed by atoms with van der Waals surface area (Å²) < 4.78 is 22.3. The SMILES string of the molecule is CC(C)C(=O)N[C@@H]1CS(=O)(=O)C[C@@H]1Cl. The molecule has 1 N–H and O–H groups in total. The number of rotatable bonds is 2. The van der Waals surface area contributed by atoms with Crippen molar-refractivity contribution in [1.82, 2.24) is 5.32 Å². The molecule has 0 aromatic rings. The molecule has 0 aromatic carbocycles. The van der Waals surface area contributed by atoms with Crippen LogP contribution in [-0.4, -0.2) is 37.2 Å². The van der Waals surface area contributed by atoms with Gasteiger partial charge in [0.25, 0.3) is 0 Å². The predicted octanol–water partition coefficient (Wildman–Crippen LogP) is 0.163. The molecular weight excluding hydrogens is 226 g/mol. The number of carbonyl (C=O) groups is 1. The van der Waals surface area contributed by atoms with Crippen molar-refractivity contribution >= 4 is 27.3 Å². The van der Waals surface area contributed by atoms with Gasteiger partial charge in [0.05, 0.1) is 22.9 Å². The van der Waals surface area contributed by atoms with E-state index in [-0.39, 0.29) is 23.3 Å². The van der Waals surface area contributed by atoms with Gasteiger partial charge in [-0.25, -0.2) is 8.42 Å². The van der Waals surface area contributed by atoms with Crippen molar-refractivity contribution in [2.75, 3.05) is 11.5 Å². The molecule has 2 atom stereocenters. The smallest absolute Gasteiger partial charge is 0.222 e. The van der Waals surface area contributed by atoms with E-state index in [0.29, 0.717) is 0 Å². The van der Waals surface area contributed by atoms with Gasteiger partial charge in [-0.3, -0.25) is 4.79 Å². The molecule has 0 aromatic heterocycles. The first-order chi connectivity index (χ1) is 6.32. The van der Waals surface area contributed by atoms with Crippen LogP contribution in [0.2, 0.25) is 0 Å². The van der Waals surface area contributed by atoms with E-state index < -0.39 is 21.3 Å². The van der Waals surface area contributed by atoms with Gasteiger partial charge in [-0.05, 0) is 0 Å². The van der Waals surface area contributed by atoms with Crippen LogP contribution in [0.15, 0.2) is 0 Å². The molecule has 82 valence electrons. The second-order valence-corrected chi connectivity index (χ2v) is 6.58. The summed E-state index contributed by atoms with van der Waals surface area (Å²) in [6, 6.07) is -0.434. The maximum absolute atomic E-state index is 11.3. The highest BCUT2D eigenvalue weighted by molar-refractivity contribution is 7.91. The van der Waals surface area contributed by atoms with Crippen LogP contribution < -0.4 is 5.32 Å². The lowest BCUT2D eigenvalue weighted by molar-refractivity contribution is -0.124. The normalized spacial score (nSPS) is 30.6. The molecular formula is C8H14ClNO3S. The topological polar surface area (TPSA) is 63.2 Å². The Labute approximate surface area is 88.9 Å². The quantitative estimate of drug-likeness (QED) is 0.699. The highest BCUT2D eigenvalue weighted by Crippen LogP contribution is 2.18. The molecule has 4 nitrogen and oxygen atoms in total. The lowest BCUT2D eigenvalue weighted by atomic mass is 10.2. The predicted molar refractivity (Wildman–Crippen MR) is 55.1 cm³/mol. The van der Waals surface area contributed by atoms with E-state index in [0.717, 1.165) is 0 Å². The summed E-state index contributed by atoms with van der Waals surface area (Å²) >= 11 is 5.82. The molecule has 1 aliphatic heterocycles. The zero-order valence-electron chi connectivity index (χ0n) is 8.16. The number of hydrogen-bond donors (Lipinski definition) is 1. The van der Waals surface area contributed by atoms with Gasteiger partial charge in [0.2, 0.25) is 5.91 Å². The maximum atomic E-state index is 11.3. The Morgan fingerprint density at radius 1 is 1.43 bits per heavy atom.